The molecule has 0 radical (unpaired) electrons. The number of benzene rings is 2. The predicted molar refractivity (Wildman–Crippen MR) is 107 cm³/mol. The zero-order chi connectivity index (χ0) is 19.2. The summed E-state index contributed by atoms with van der Waals surface area (Å²) in [5.74, 6) is 0.487. The molecule has 0 saturated heterocycles. The van der Waals surface area contributed by atoms with Gasteiger partial charge in [-0.3, -0.25) is 9.59 Å². The molecule has 0 aliphatic rings. The molecule has 0 aliphatic carbocycles. The van der Waals surface area contributed by atoms with E-state index < -0.39 is 0 Å². The molecule has 1 amide bonds. The van der Waals surface area contributed by atoms with Gasteiger partial charge in [0.05, 0.1) is 19.2 Å². The summed E-state index contributed by atoms with van der Waals surface area (Å²) in [6, 6.07) is 18.2. The normalized spacial score (nSPS) is 10.4. The van der Waals surface area contributed by atoms with Crippen molar-refractivity contribution in [2.45, 2.75) is 19.9 Å². The van der Waals surface area contributed by atoms with Gasteiger partial charge >= 0.3 is 0 Å². The average Bonchev–Trinajstić information content (AvgIpc) is 2.70. The number of anilines is 1. The number of rotatable bonds is 6. The van der Waals surface area contributed by atoms with Crippen molar-refractivity contribution in [3.63, 3.8) is 0 Å². The fraction of sp³-hybridized carbons (Fsp3) is 0.182. The van der Waals surface area contributed by atoms with Gasteiger partial charge in [0.2, 0.25) is 0 Å². The Bertz CT molecular complexity index is 1010. The van der Waals surface area contributed by atoms with Gasteiger partial charge in [0, 0.05) is 18.0 Å². The number of nitrogens with one attached hydrogen (secondary N) is 1. The summed E-state index contributed by atoms with van der Waals surface area (Å²) in [6.45, 7) is 2.40. The minimum absolute atomic E-state index is 0.164. The number of ether oxygens (including phenoxy) is 1. The maximum atomic E-state index is 12.7. The number of pyridine rings is 1. The molecule has 1 N–H and O–H groups in total. The van der Waals surface area contributed by atoms with E-state index in [1.807, 2.05) is 55.5 Å². The van der Waals surface area contributed by atoms with E-state index in [9.17, 15) is 9.59 Å². The summed E-state index contributed by atoms with van der Waals surface area (Å²) in [6.07, 6.45) is 2.41. The van der Waals surface area contributed by atoms with Gasteiger partial charge in [-0.25, -0.2) is 0 Å². The number of aryl methyl sites for hydroxylation is 1. The number of amides is 1. The smallest absolute Gasteiger partial charge is 0.257 e. The van der Waals surface area contributed by atoms with Crippen molar-refractivity contribution < 1.29 is 9.53 Å². The Morgan fingerprint density at radius 1 is 1.07 bits per heavy atom. The van der Waals surface area contributed by atoms with E-state index in [0.29, 0.717) is 12.1 Å². The third-order valence-electron chi connectivity index (χ3n) is 4.38. The van der Waals surface area contributed by atoms with Crippen molar-refractivity contribution in [3.8, 4) is 5.75 Å². The van der Waals surface area contributed by atoms with Crippen LogP contribution in [0, 0.1) is 0 Å². The van der Waals surface area contributed by atoms with Gasteiger partial charge in [-0.2, -0.15) is 0 Å². The van der Waals surface area contributed by atoms with Crippen molar-refractivity contribution in [1.82, 2.24) is 4.57 Å². The zero-order valence-electron chi connectivity index (χ0n) is 15.4. The zero-order valence-corrected chi connectivity index (χ0v) is 15.4. The van der Waals surface area contributed by atoms with Gasteiger partial charge in [-0.1, -0.05) is 37.3 Å². The van der Waals surface area contributed by atoms with Crippen LogP contribution in [0.5, 0.6) is 5.75 Å². The molecule has 1 aromatic heterocycles. The van der Waals surface area contributed by atoms with E-state index in [1.54, 1.807) is 19.4 Å². The molecule has 0 aliphatic heterocycles. The lowest BCUT2D eigenvalue weighted by molar-refractivity contribution is 0.102. The molecule has 0 bridgehead atoms. The monoisotopic (exact) mass is 362 g/mol. The van der Waals surface area contributed by atoms with Crippen LogP contribution in [0.4, 0.5) is 5.69 Å². The fourth-order valence-electron chi connectivity index (χ4n) is 2.90. The predicted octanol–water partition coefficient (Wildman–Crippen LogP) is 3.72. The van der Waals surface area contributed by atoms with Crippen LogP contribution >= 0.6 is 0 Å². The number of hydrogen-bond donors (Lipinski definition) is 1. The van der Waals surface area contributed by atoms with E-state index in [1.165, 1.54) is 10.6 Å². The Balaban J connectivity index is 1.84. The molecule has 0 atom stereocenters. The third kappa shape index (κ3) is 4.44. The summed E-state index contributed by atoms with van der Waals surface area (Å²) in [7, 11) is 1.60. The molecule has 5 heteroatoms. The summed E-state index contributed by atoms with van der Waals surface area (Å²) in [5, 5.41) is 2.93. The summed E-state index contributed by atoms with van der Waals surface area (Å²) < 4.78 is 6.74. The van der Waals surface area contributed by atoms with E-state index in [0.717, 1.165) is 29.0 Å². The van der Waals surface area contributed by atoms with E-state index >= 15 is 0 Å². The van der Waals surface area contributed by atoms with Crippen LogP contribution in [0.2, 0.25) is 0 Å². The van der Waals surface area contributed by atoms with Gasteiger partial charge in [-0.15, -0.1) is 0 Å². The Kier molecular flexibility index (Phi) is 5.71. The molecule has 0 spiro atoms. The first-order valence-electron chi connectivity index (χ1n) is 8.83. The Hall–Kier alpha value is -3.34. The maximum absolute atomic E-state index is 12.7. The van der Waals surface area contributed by atoms with Crippen LogP contribution < -0.4 is 15.6 Å². The van der Waals surface area contributed by atoms with Crippen molar-refractivity contribution in [2.24, 2.45) is 0 Å². The number of carbonyl (C=O) groups is 1. The molecule has 3 aromatic rings. The molecular formula is C22H22N2O3. The van der Waals surface area contributed by atoms with Crippen LogP contribution in [0.3, 0.4) is 0 Å². The highest BCUT2D eigenvalue weighted by molar-refractivity contribution is 6.04. The molecule has 0 unspecified atom stereocenters. The number of hydrogen-bond acceptors (Lipinski definition) is 3. The Morgan fingerprint density at radius 2 is 1.89 bits per heavy atom. The van der Waals surface area contributed by atoms with Crippen molar-refractivity contribution in [2.75, 3.05) is 12.4 Å². The van der Waals surface area contributed by atoms with Crippen LogP contribution in [0.15, 0.2) is 71.7 Å². The third-order valence-corrected chi connectivity index (χ3v) is 4.38. The molecule has 0 fully saturated rings. The second-order valence-electron chi connectivity index (χ2n) is 6.20. The molecule has 5 nitrogen and oxygen atoms in total. The first kappa shape index (κ1) is 18.5. The lowest BCUT2D eigenvalue weighted by atomic mass is 10.1. The van der Waals surface area contributed by atoms with Crippen LogP contribution in [0.1, 0.15) is 28.4 Å². The molecule has 2 aromatic carbocycles. The van der Waals surface area contributed by atoms with E-state index in [-0.39, 0.29) is 11.5 Å². The summed E-state index contributed by atoms with van der Waals surface area (Å²) in [5.41, 5.74) is 3.04. The Morgan fingerprint density at radius 3 is 2.67 bits per heavy atom. The van der Waals surface area contributed by atoms with Crippen molar-refractivity contribution in [1.29, 1.82) is 0 Å². The van der Waals surface area contributed by atoms with E-state index in [2.05, 4.69) is 5.32 Å². The highest BCUT2D eigenvalue weighted by Gasteiger charge is 2.10. The second-order valence-corrected chi connectivity index (χ2v) is 6.20. The summed E-state index contributed by atoms with van der Waals surface area (Å²) in [4.78, 5) is 24.9. The fourth-order valence-corrected chi connectivity index (χ4v) is 2.90. The number of aromatic nitrogens is 1. The molecular weight excluding hydrogens is 340 g/mol. The second kappa shape index (κ2) is 8.36. The van der Waals surface area contributed by atoms with E-state index in [4.69, 9.17) is 4.74 Å². The lowest BCUT2D eigenvalue weighted by Crippen LogP contribution is -2.22. The van der Waals surface area contributed by atoms with Crippen LogP contribution in [0.25, 0.3) is 0 Å². The standard InChI is InChI=1S/C22H22N2O3/c1-3-17-8-4-5-10-20(17)23-22(26)18-11-12-21(25)24(15-18)14-16-7-6-9-19(13-16)27-2/h4-13,15H,3,14H2,1-2H3,(H,23,26). The highest BCUT2D eigenvalue weighted by atomic mass is 16.5. The van der Waals surface area contributed by atoms with Crippen molar-refractivity contribution >= 4 is 11.6 Å². The number of carbonyl (C=O) groups excluding carboxylic acids is 1. The van der Waals surface area contributed by atoms with Crippen LogP contribution in [-0.2, 0) is 13.0 Å². The number of nitrogens with zero attached hydrogens (tertiary/aromatic N) is 1. The van der Waals surface area contributed by atoms with Gasteiger partial charge < -0.3 is 14.6 Å². The lowest BCUT2D eigenvalue weighted by Gasteiger charge is -2.12. The number of methoxy groups -OCH3 is 1. The topological polar surface area (TPSA) is 60.3 Å². The van der Waals surface area contributed by atoms with Gasteiger partial charge in [0.1, 0.15) is 5.75 Å². The number of para-hydroxylation sites is 1. The summed E-state index contributed by atoms with van der Waals surface area (Å²) >= 11 is 0. The first-order chi connectivity index (χ1) is 13.1. The van der Waals surface area contributed by atoms with Crippen molar-refractivity contribution in [3.05, 3.63) is 93.9 Å². The van der Waals surface area contributed by atoms with Gasteiger partial charge in [0.15, 0.2) is 0 Å². The largest absolute Gasteiger partial charge is 0.497 e. The first-order valence-corrected chi connectivity index (χ1v) is 8.83. The quantitative estimate of drug-likeness (QED) is 0.727. The molecule has 3 rings (SSSR count). The molecule has 1 heterocycles. The Labute approximate surface area is 158 Å². The highest BCUT2D eigenvalue weighted by Crippen LogP contribution is 2.17. The van der Waals surface area contributed by atoms with Gasteiger partial charge in [-0.05, 0) is 41.8 Å². The molecule has 27 heavy (non-hydrogen) atoms. The molecule has 138 valence electrons. The molecule has 0 saturated carbocycles. The van der Waals surface area contributed by atoms with Crippen LogP contribution in [-0.4, -0.2) is 17.6 Å². The SMILES string of the molecule is CCc1ccccc1NC(=O)c1ccc(=O)n(Cc2cccc(OC)c2)c1. The van der Waals surface area contributed by atoms with Gasteiger partial charge in [0.25, 0.3) is 11.5 Å². The average molecular weight is 362 g/mol. The minimum Gasteiger partial charge on any atom is -0.497 e. The maximum Gasteiger partial charge on any atom is 0.257 e. The minimum atomic E-state index is -0.240.